The first kappa shape index (κ1) is 15.2. The fraction of sp³-hybridized carbons (Fsp3) is 0.286. The van der Waals surface area contributed by atoms with Crippen molar-refractivity contribution in [3.8, 4) is 0 Å². The van der Waals surface area contributed by atoms with Gasteiger partial charge >= 0.3 is 5.97 Å². The van der Waals surface area contributed by atoms with Crippen LogP contribution in [0.2, 0.25) is 5.02 Å². The average Bonchev–Trinajstić information content (AvgIpc) is 2.38. The van der Waals surface area contributed by atoms with Gasteiger partial charge in [0.2, 0.25) is 0 Å². The first-order valence-electron chi connectivity index (χ1n) is 5.94. The van der Waals surface area contributed by atoms with Gasteiger partial charge in [0.25, 0.3) is 5.91 Å². The summed E-state index contributed by atoms with van der Waals surface area (Å²) >= 11 is 5.72. The van der Waals surface area contributed by atoms with Gasteiger partial charge < -0.3 is 10.4 Å². The van der Waals surface area contributed by atoms with Crippen molar-refractivity contribution in [1.82, 2.24) is 5.32 Å². The van der Waals surface area contributed by atoms with E-state index in [1.807, 2.05) is 0 Å². The van der Waals surface area contributed by atoms with E-state index in [0.29, 0.717) is 23.4 Å². The molecule has 0 aliphatic heterocycles. The second kappa shape index (κ2) is 7.59. The van der Waals surface area contributed by atoms with Crippen molar-refractivity contribution >= 4 is 23.5 Å². The smallest absolute Gasteiger partial charge is 0.326 e. The summed E-state index contributed by atoms with van der Waals surface area (Å²) in [5.74, 6) is -1.45. The normalized spacial score (nSPS) is 11.6. The molecule has 1 aromatic rings. The maximum absolute atomic E-state index is 11.9. The number of amides is 1. The molecular formula is C14H16ClNO3. The van der Waals surface area contributed by atoms with Crippen molar-refractivity contribution in [2.75, 3.05) is 0 Å². The third-order valence-electron chi connectivity index (χ3n) is 2.61. The Morgan fingerprint density at radius 2 is 2.00 bits per heavy atom. The molecule has 19 heavy (non-hydrogen) atoms. The summed E-state index contributed by atoms with van der Waals surface area (Å²) < 4.78 is 0. The van der Waals surface area contributed by atoms with Crippen molar-refractivity contribution in [2.45, 2.75) is 25.3 Å². The number of unbranched alkanes of at least 4 members (excludes halogenated alkanes) is 1. The molecule has 0 aromatic heterocycles. The first-order valence-corrected chi connectivity index (χ1v) is 6.32. The van der Waals surface area contributed by atoms with E-state index in [2.05, 4.69) is 11.9 Å². The van der Waals surface area contributed by atoms with Gasteiger partial charge in [0.1, 0.15) is 6.04 Å². The van der Waals surface area contributed by atoms with Crippen LogP contribution in [0.4, 0.5) is 0 Å². The Morgan fingerprint density at radius 3 is 2.53 bits per heavy atom. The minimum Gasteiger partial charge on any atom is -0.480 e. The lowest BCUT2D eigenvalue weighted by molar-refractivity contribution is -0.139. The quantitative estimate of drug-likeness (QED) is 0.596. The van der Waals surface area contributed by atoms with Crippen LogP contribution in [0.25, 0.3) is 0 Å². The molecule has 0 spiro atoms. The van der Waals surface area contributed by atoms with Crippen molar-refractivity contribution < 1.29 is 14.7 Å². The maximum atomic E-state index is 11.9. The van der Waals surface area contributed by atoms with E-state index in [-0.39, 0.29) is 0 Å². The van der Waals surface area contributed by atoms with Crippen molar-refractivity contribution in [3.63, 3.8) is 0 Å². The number of allylic oxidation sites excluding steroid dienone is 1. The van der Waals surface area contributed by atoms with Gasteiger partial charge in [-0.05, 0) is 43.5 Å². The van der Waals surface area contributed by atoms with Crippen LogP contribution < -0.4 is 5.32 Å². The number of aliphatic carboxylic acids is 1. The SMILES string of the molecule is C=CCCC[C@@H](NC(=O)c1ccc(Cl)cc1)C(=O)O. The van der Waals surface area contributed by atoms with Crippen LogP contribution in [-0.4, -0.2) is 23.0 Å². The lowest BCUT2D eigenvalue weighted by Gasteiger charge is -2.14. The summed E-state index contributed by atoms with van der Waals surface area (Å²) in [6.45, 7) is 3.57. The Hall–Kier alpha value is -1.81. The molecule has 1 amide bonds. The monoisotopic (exact) mass is 281 g/mol. The predicted octanol–water partition coefficient (Wildman–Crippen LogP) is 2.88. The fourth-order valence-electron chi connectivity index (χ4n) is 1.57. The Labute approximate surface area is 117 Å². The highest BCUT2D eigenvalue weighted by Crippen LogP contribution is 2.10. The van der Waals surface area contributed by atoms with Gasteiger partial charge in [-0.25, -0.2) is 4.79 Å². The molecule has 0 bridgehead atoms. The lowest BCUT2D eigenvalue weighted by atomic mass is 10.1. The standard InChI is InChI=1S/C14H16ClNO3/c1-2-3-4-5-12(14(18)19)16-13(17)10-6-8-11(15)9-7-10/h2,6-9,12H,1,3-5H2,(H,16,17)(H,18,19)/t12-/m1/s1. The van der Waals surface area contributed by atoms with Crippen LogP contribution >= 0.6 is 11.6 Å². The number of carboxylic acid groups (broad SMARTS) is 1. The summed E-state index contributed by atoms with van der Waals surface area (Å²) in [5.41, 5.74) is 0.388. The summed E-state index contributed by atoms with van der Waals surface area (Å²) in [7, 11) is 0. The second-order valence-electron chi connectivity index (χ2n) is 4.09. The molecule has 0 saturated carbocycles. The fourth-order valence-corrected chi connectivity index (χ4v) is 1.69. The van der Waals surface area contributed by atoms with Crippen molar-refractivity contribution in [3.05, 3.63) is 47.5 Å². The molecule has 5 heteroatoms. The highest BCUT2D eigenvalue weighted by Gasteiger charge is 2.19. The second-order valence-corrected chi connectivity index (χ2v) is 4.53. The molecule has 4 nitrogen and oxygen atoms in total. The van der Waals surface area contributed by atoms with Gasteiger partial charge in [0.05, 0.1) is 0 Å². The first-order chi connectivity index (χ1) is 9.04. The zero-order valence-electron chi connectivity index (χ0n) is 10.4. The Balaban J connectivity index is 2.62. The Kier molecular flexibility index (Phi) is 6.09. The number of carboxylic acids is 1. The highest BCUT2D eigenvalue weighted by atomic mass is 35.5. The molecule has 1 rings (SSSR count). The van der Waals surface area contributed by atoms with Crippen LogP contribution in [0.1, 0.15) is 29.6 Å². The summed E-state index contributed by atoms with van der Waals surface area (Å²) in [4.78, 5) is 22.9. The number of hydrogen-bond donors (Lipinski definition) is 2. The predicted molar refractivity (Wildman–Crippen MR) is 74.4 cm³/mol. The molecule has 1 aromatic carbocycles. The molecule has 0 unspecified atom stereocenters. The maximum Gasteiger partial charge on any atom is 0.326 e. The van der Waals surface area contributed by atoms with Gasteiger partial charge in [-0.15, -0.1) is 6.58 Å². The minimum atomic E-state index is -1.04. The van der Waals surface area contributed by atoms with E-state index in [1.165, 1.54) is 0 Å². The number of carbonyl (C=O) groups is 2. The molecule has 0 aliphatic carbocycles. The van der Waals surface area contributed by atoms with E-state index in [0.717, 1.165) is 6.42 Å². The zero-order chi connectivity index (χ0) is 14.3. The third-order valence-corrected chi connectivity index (χ3v) is 2.86. The number of carbonyl (C=O) groups excluding carboxylic acids is 1. The molecule has 102 valence electrons. The van der Waals surface area contributed by atoms with Crippen molar-refractivity contribution in [1.29, 1.82) is 0 Å². The minimum absolute atomic E-state index is 0.376. The molecule has 0 aliphatic rings. The molecular weight excluding hydrogens is 266 g/mol. The van der Waals surface area contributed by atoms with E-state index in [4.69, 9.17) is 16.7 Å². The molecule has 1 atom stereocenters. The van der Waals surface area contributed by atoms with Crippen molar-refractivity contribution in [2.24, 2.45) is 0 Å². The molecule has 0 heterocycles. The number of hydrogen-bond acceptors (Lipinski definition) is 2. The topological polar surface area (TPSA) is 66.4 Å². The van der Waals surface area contributed by atoms with E-state index in [1.54, 1.807) is 30.3 Å². The van der Waals surface area contributed by atoms with Crippen LogP contribution in [0.5, 0.6) is 0 Å². The number of nitrogens with one attached hydrogen (secondary N) is 1. The van der Waals surface area contributed by atoms with Gasteiger partial charge in [0.15, 0.2) is 0 Å². The summed E-state index contributed by atoms with van der Waals surface area (Å²) in [6, 6.07) is 5.40. The van der Waals surface area contributed by atoms with Crippen LogP contribution in [0.15, 0.2) is 36.9 Å². The van der Waals surface area contributed by atoms with Crippen LogP contribution in [-0.2, 0) is 4.79 Å². The van der Waals surface area contributed by atoms with Crippen LogP contribution in [0.3, 0.4) is 0 Å². The Bertz CT molecular complexity index is 456. The third kappa shape index (κ3) is 5.14. The largest absolute Gasteiger partial charge is 0.480 e. The number of benzene rings is 1. The van der Waals surface area contributed by atoms with Gasteiger partial charge in [0, 0.05) is 10.6 Å². The van der Waals surface area contributed by atoms with Gasteiger partial charge in [-0.2, -0.15) is 0 Å². The molecule has 0 saturated heterocycles. The van der Waals surface area contributed by atoms with E-state index < -0.39 is 17.9 Å². The van der Waals surface area contributed by atoms with E-state index >= 15 is 0 Å². The number of rotatable bonds is 7. The lowest BCUT2D eigenvalue weighted by Crippen LogP contribution is -2.40. The van der Waals surface area contributed by atoms with Gasteiger partial charge in [-0.1, -0.05) is 17.7 Å². The zero-order valence-corrected chi connectivity index (χ0v) is 11.2. The van der Waals surface area contributed by atoms with Crippen LogP contribution in [0, 0.1) is 0 Å². The Morgan fingerprint density at radius 1 is 1.37 bits per heavy atom. The molecule has 0 fully saturated rings. The summed E-state index contributed by atoms with van der Waals surface area (Å²) in [5, 5.41) is 12.1. The summed E-state index contributed by atoms with van der Waals surface area (Å²) in [6.07, 6.45) is 3.49. The van der Waals surface area contributed by atoms with Gasteiger partial charge in [-0.3, -0.25) is 4.79 Å². The highest BCUT2D eigenvalue weighted by molar-refractivity contribution is 6.30. The molecule has 2 N–H and O–H groups in total. The number of halogens is 1. The molecule has 0 radical (unpaired) electrons. The average molecular weight is 282 g/mol. The van der Waals surface area contributed by atoms with E-state index in [9.17, 15) is 9.59 Å².